The fraction of sp³-hybridized carbons (Fsp3) is 0.263. The van der Waals surface area contributed by atoms with Crippen molar-refractivity contribution in [1.82, 2.24) is 0 Å². The summed E-state index contributed by atoms with van der Waals surface area (Å²) in [5.74, 6) is -0.312. The maximum atomic E-state index is 12.9. The van der Waals surface area contributed by atoms with Crippen LogP contribution in [0.2, 0.25) is 0 Å². The Balaban J connectivity index is 1.92. The predicted molar refractivity (Wildman–Crippen MR) is 90.1 cm³/mol. The third-order valence-electron chi connectivity index (χ3n) is 3.52. The molecule has 0 radical (unpaired) electrons. The second-order valence-electron chi connectivity index (χ2n) is 6.53. The summed E-state index contributed by atoms with van der Waals surface area (Å²) < 4.78 is 10.5. The van der Waals surface area contributed by atoms with Crippen molar-refractivity contribution in [1.29, 1.82) is 0 Å². The lowest BCUT2D eigenvalue weighted by atomic mass is 10.1. The first-order valence-electron chi connectivity index (χ1n) is 7.74. The van der Waals surface area contributed by atoms with Gasteiger partial charge < -0.3 is 9.47 Å². The van der Waals surface area contributed by atoms with E-state index in [1.807, 2.05) is 48.5 Å². The molecular weight excluding hydrogens is 306 g/mol. The van der Waals surface area contributed by atoms with Crippen LogP contribution in [0.15, 0.2) is 54.6 Å². The Kier molecular flexibility index (Phi) is 4.01. The molecule has 0 saturated heterocycles. The van der Waals surface area contributed by atoms with Gasteiger partial charge in [-0.2, -0.15) is 0 Å². The Morgan fingerprint density at radius 1 is 1.00 bits per heavy atom. The first kappa shape index (κ1) is 16.1. The van der Waals surface area contributed by atoms with Crippen LogP contribution >= 0.6 is 0 Å². The molecule has 5 nitrogen and oxygen atoms in total. The molecule has 1 unspecified atom stereocenters. The summed E-state index contributed by atoms with van der Waals surface area (Å²) >= 11 is 0. The van der Waals surface area contributed by atoms with Gasteiger partial charge in [0.2, 0.25) is 6.10 Å². The number of carbonyl (C=O) groups is 2. The van der Waals surface area contributed by atoms with Gasteiger partial charge in [-0.15, -0.1) is 0 Å². The zero-order valence-corrected chi connectivity index (χ0v) is 13.9. The summed E-state index contributed by atoms with van der Waals surface area (Å²) in [6.45, 7) is 5.23. The van der Waals surface area contributed by atoms with Gasteiger partial charge in [0.25, 0.3) is 5.91 Å². The number of carbonyl (C=O) groups excluding carboxylic acids is 2. The van der Waals surface area contributed by atoms with E-state index in [1.54, 1.807) is 31.7 Å². The maximum absolute atomic E-state index is 12.9. The van der Waals surface area contributed by atoms with E-state index in [0.29, 0.717) is 11.3 Å². The molecule has 24 heavy (non-hydrogen) atoms. The number of fused-ring (bicyclic) bond motifs is 1. The van der Waals surface area contributed by atoms with Gasteiger partial charge in [-0.25, -0.2) is 4.79 Å². The van der Waals surface area contributed by atoms with Crippen molar-refractivity contribution in [3.8, 4) is 0 Å². The zero-order valence-electron chi connectivity index (χ0n) is 13.9. The number of amides is 1. The molecule has 0 aliphatic carbocycles. The molecule has 2 aromatic rings. The fourth-order valence-corrected chi connectivity index (χ4v) is 2.61. The number of ether oxygens (including phenoxy) is 2. The SMILES string of the molecule is CC(C)(C)OC(=O)OC1C(=O)N(c2ccccc2)c2ccccc21. The number of hydrogen-bond acceptors (Lipinski definition) is 4. The summed E-state index contributed by atoms with van der Waals surface area (Å²) in [5, 5.41) is 0. The molecule has 1 aliphatic rings. The molecule has 0 spiro atoms. The van der Waals surface area contributed by atoms with Crippen LogP contribution in [0.1, 0.15) is 32.4 Å². The van der Waals surface area contributed by atoms with E-state index in [2.05, 4.69) is 0 Å². The maximum Gasteiger partial charge on any atom is 0.509 e. The van der Waals surface area contributed by atoms with Crippen LogP contribution in [0.5, 0.6) is 0 Å². The molecule has 2 aromatic carbocycles. The summed E-state index contributed by atoms with van der Waals surface area (Å²) in [6, 6.07) is 16.5. The minimum Gasteiger partial charge on any atom is -0.429 e. The van der Waals surface area contributed by atoms with E-state index < -0.39 is 17.9 Å². The van der Waals surface area contributed by atoms with Gasteiger partial charge in [0, 0.05) is 11.3 Å². The van der Waals surface area contributed by atoms with Crippen molar-refractivity contribution in [2.24, 2.45) is 0 Å². The lowest BCUT2D eigenvalue weighted by Crippen LogP contribution is -2.29. The summed E-state index contributed by atoms with van der Waals surface area (Å²) in [7, 11) is 0. The number of rotatable bonds is 2. The van der Waals surface area contributed by atoms with Gasteiger partial charge in [0.1, 0.15) is 5.60 Å². The predicted octanol–water partition coefficient (Wildman–Crippen LogP) is 4.36. The van der Waals surface area contributed by atoms with Gasteiger partial charge in [-0.1, -0.05) is 36.4 Å². The van der Waals surface area contributed by atoms with Crippen LogP contribution in [0, 0.1) is 0 Å². The molecule has 1 heterocycles. The first-order chi connectivity index (χ1) is 11.4. The van der Waals surface area contributed by atoms with E-state index >= 15 is 0 Å². The third kappa shape index (κ3) is 3.11. The highest BCUT2D eigenvalue weighted by molar-refractivity contribution is 6.09. The Morgan fingerprint density at radius 2 is 1.62 bits per heavy atom. The van der Waals surface area contributed by atoms with E-state index in [-0.39, 0.29) is 5.91 Å². The highest BCUT2D eigenvalue weighted by atomic mass is 16.7. The minimum atomic E-state index is -1.00. The Hall–Kier alpha value is -2.82. The highest BCUT2D eigenvalue weighted by Crippen LogP contribution is 2.42. The highest BCUT2D eigenvalue weighted by Gasteiger charge is 2.41. The minimum absolute atomic E-state index is 0.312. The Morgan fingerprint density at radius 3 is 2.29 bits per heavy atom. The second-order valence-corrected chi connectivity index (χ2v) is 6.53. The van der Waals surface area contributed by atoms with Crippen LogP contribution in [0.3, 0.4) is 0 Å². The van der Waals surface area contributed by atoms with Crippen molar-refractivity contribution in [3.63, 3.8) is 0 Å². The van der Waals surface area contributed by atoms with Crippen molar-refractivity contribution in [3.05, 3.63) is 60.2 Å². The average molecular weight is 325 g/mol. The molecule has 1 aliphatic heterocycles. The van der Waals surface area contributed by atoms with Crippen LogP contribution in [0.25, 0.3) is 0 Å². The standard InChI is InChI=1S/C19H19NO4/c1-19(2,3)24-18(22)23-16-14-11-7-8-12-15(14)20(17(16)21)13-9-5-4-6-10-13/h4-12,16H,1-3H3. The number of para-hydroxylation sites is 2. The molecule has 0 saturated carbocycles. The van der Waals surface area contributed by atoms with Crippen LogP contribution in [-0.2, 0) is 14.3 Å². The molecule has 3 rings (SSSR count). The van der Waals surface area contributed by atoms with Crippen molar-refractivity contribution >= 4 is 23.4 Å². The molecule has 1 atom stereocenters. The number of nitrogens with zero attached hydrogens (tertiary/aromatic N) is 1. The van der Waals surface area contributed by atoms with Gasteiger partial charge in [0.15, 0.2) is 0 Å². The molecular formula is C19H19NO4. The van der Waals surface area contributed by atoms with E-state index in [1.165, 1.54) is 0 Å². The lowest BCUT2D eigenvalue weighted by molar-refractivity contribution is -0.128. The topological polar surface area (TPSA) is 55.8 Å². The van der Waals surface area contributed by atoms with Crippen molar-refractivity contribution in [2.75, 3.05) is 4.90 Å². The molecule has 0 fully saturated rings. The first-order valence-corrected chi connectivity index (χ1v) is 7.74. The van der Waals surface area contributed by atoms with Gasteiger partial charge in [-0.3, -0.25) is 9.69 Å². The summed E-state index contributed by atoms with van der Waals surface area (Å²) in [4.78, 5) is 26.4. The molecule has 124 valence electrons. The van der Waals surface area contributed by atoms with Crippen molar-refractivity contribution in [2.45, 2.75) is 32.5 Å². The van der Waals surface area contributed by atoms with Gasteiger partial charge in [-0.05, 0) is 39.0 Å². The molecule has 0 bridgehead atoms. The Bertz CT molecular complexity index is 764. The number of anilines is 2. The molecule has 0 aromatic heterocycles. The summed E-state index contributed by atoms with van der Waals surface area (Å²) in [6.07, 6.45) is -1.86. The third-order valence-corrected chi connectivity index (χ3v) is 3.52. The van der Waals surface area contributed by atoms with Crippen LogP contribution in [-0.4, -0.2) is 17.7 Å². The molecule has 1 amide bonds. The van der Waals surface area contributed by atoms with Crippen molar-refractivity contribution < 1.29 is 19.1 Å². The number of hydrogen-bond donors (Lipinski definition) is 0. The molecule has 5 heteroatoms. The Labute approximate surface area is 140 Å². The van der Waals surface area contributed by atoms with E-state index in [0.717, 1.165) is 5.69 Å². The number of benzene rings is 2. The molecule has 0 N–H and O–H groups in total. The zero-order chi connectivity index (χ0) is 17.3. The quantitative estimate of drug-likeness (QED) is 0.770. The van der Waals surface area contributed by atoms with Crippen LogP contribution < -0.4 is 4.90 Å². The van der Waals surface area contributed by atoms with E-state index in [4.69, 9.17) is 9.47 Å². The average Bonchev–Trinajstić information content (AvgIpc) is 2.79. The smallest absolute Gasteiger partial charge is 0.429 e. The normalized spacial score (nSPS) is 16.7. The largest absolute Gasteiger partial charge is 0.509 e. The van der Waals surface area contributed by atoms with E-state index in [9.17, 15) is 9.59 Å². The van der Waals surface area contributed by atoms with Gasteiger partial charge in [0.05, 0.1) is 5.69 Å². The van der Waals surface area contributed by atoms with Gasteiger partial charge >= 0.3 is 6.16 Å². The fourth-order valence-electron chi connectivity index (χ4n) is 2.61. The summed E-state index contributed by atoms with van der Waals surface area (Å²) in [5.41, 5.74) is 1.40. The second kappa shape index (κ2) is 6.00. The monoisotopic (exact) mass is 325 g/mol. The van der Waals surface area contributed by atoms with Crippen LogP contribution in [0.4, 0.5) is 16.2 Å². The lowest BCUT2D eigenvalue weighted by Gasteiger charge is -2.21.